The number of nitrogens with zero attached hydrogens (tertiary/aromatic N) is 3. The molecule has 0 spiro atoms. The summed E-state index contributed by atoms with van der Waals surface area (Å²) >= 11 is 3.10. The maximum atomic E-state index is 13.5. The van der Waals surface area contributed by atoms with Crippen molar-refractivity contribution in [3.63, 3.8) is 0 Å². The largest absolute Gasteiger partial charge is 0.459 e. The third-order valence-corrected chi connectivity index (χ3v) is 7.50. The number of aryl methyl sites for hydroxylation is 1. The van der Waals surface area contributed by atoms with E-state index in [2.05, 4.69) is 10.2 Å². The molecule has 0 aliphatic heterocycles. The Morgan fingerprint density at radius 2 is 1.84 bits per heavy atom. The van der Waals surface area contributed by atoms with E-state index in [-0.39, 0.29) is 11.9 Å². The number of amides is 1. The van der Waals surface area contributed by atoms with Crippen LogP contribution in [0.15, 0.2) is 67.8 Å². The Bertz CT molecular complexity index is 1390. The second-order valence-electron chi connectivity index (χ2n) is 7.56. The van der Waals surface area contributed by atoms with Crippen molar-refractivity contribution in [1.29, 1.82) is 0 Å². The number of carbonyl (C=O) groups excluding carboxylic acids is 1. The van der Waals surface area contributed by atoms with Gasteiger partial charge in [-0.1, -0.05) is 59.5 Å². The van der Waals surface area contributed by atoms with Crippen molar-refractivity contribution in [3.05, 3.63) is 76.7 Å². The molecule has 5 rings (SSSR count). The molecule has 6 nitrogen and oxygen atoms in total. The Labute approximate surface area is 193 Å². The average molecular weight is 464 g/mol. The normalized spacial score (nSPS) is 12.5. The smallest absolute Gasteiger partial charge is 0.290 e. The summed E-state index contributed by atoms with van der Waals surface area (Å²) < 4.78 is 12.9. The number of hydrogen-bond acceptors (Lipinski definition) is 7. The molecular weight excluding hydrogens is 442 g/mol. The predicted octanol–water partition coefficient (Wildman–Crippen LogP) is 6.46. The highest BCUT2D eigenvalue weighted by Gasteiger charge is 2.28. The Morgan fingerprint density at radius 1 is 1.09 bits per heavy atom. The van der Waals surface area contributed by atoms with Gasteiger partial charge in [0.2, 0.25) is 0 Å². The number of aromatic nitrogens is 2. The average Bonchev–Trinajstić information content (AvgIpc) is 3.52. The molecular formula is C24H21N3O3S2. The van der Waals surface area contributed by atoms with Crippen LogP contribution in [0, 0.1) is 6.92 Å². The minimum absolute atomic E-state index is 0.182. The molecule has 0 aliphatic carbocycles. The zero-order valence-corrected chi connectivity index (χ0v) is 19.5. The topological polar surface area (TPSA) is 72.4 Å². The first-order valence-electron chi connectivity index (χ1n) is 10.2. The highest BCUT2D eigenvalue weighted by molar-refractivity contribution is 8.00. The van der Waals surface area contributed by atoms with Gasteiger partial charge in [-0.15, -0.1) is 10.2 Å². The van der Waals surface area contributed by atoms with E-state index in [9.17, 15) is 4.79 Å². The Kier molecular flexibility index (Phi) is 5.48. The van der Waals surface area contributed by atoms with E-state index in [1.54, 1.807) is 35.0 Å². The summed E-state index contributed by atoms with van der Waals surface area (Å²) in [5, 5.41) is 11.1. The van der Waals surface area contributed by atoms with Crippen LogP contribution >= 0.6 is 23.1 Å². The fraction of sp³-hybridized carbons (Fsp3) is 0.208. The first kappa shape index (κ1) is 20.8. The van der Waals surface area contributed by atoms with Crippen LogP contribution in [0.1, 0.15) is 39.9 Å². The third kappa shape index (κ3) is 3.80. The molecule has 3 aromatic heterocycles. The van der Waals surface area contributed by atoms with Crippen molar-refractivity contribution < 1.29 is 13.6 Å². The second-order valence-corrected chi connectivity index (χ2v) is 9.96. The van der Waals surface area contributed by atoms with E-state index < -0.39 is 0 Å². The van der Waals surface area contributed by atoms with Crippen molar-refractivity contribution in [2.45, 2.75) is 30.0 Å². The van der Waals surface area contributed by atoms with Crippen molar-refractivity contribution >= 4 is 50.9 Å². The summed E-state index contributed by atoms with van der Waals surface area (Å²) in [6.45, 7) is 3.88. The quantitative estimate of drug-likeness (QED) is 0.269. The minimum atomic E-state index is -0.255. The standard InChI is InChI=1S/C24H21N3O3S2/c1-14(21-12-16-8-4-6-10-19(16)29-21)27(3)23(28)22-18(13-31-24-26-25-15(2)32-24)17-9-5-7-11-20(17)30-22/h4-12,14H,13H2,1-3H3. The molecule has 32 heavy (non-hydrogen) atoms. The Balaban J connectivity index is 1.46. The predicted molar refractivity (Wildman–Crippen MR) is 127 cm³/mol. The molecule has 3 heterocycles. The van der Waals surface area contributed by atoms with Crippen LogP contribution in [0.4, 0.5) is 0 Å². The fourth-order valence-electron chi connectivity index (χ4n) is 3.62. The van der Waals surface area contributed by atoms with E-state index >= 15 is 0 Å². The van der Waals surface area contributed by atoms with Gasteiger partial charge in [0.05, 0.1) is 6.04 Å². The summed E-state index contributed by atoms with van der Waals surface area (Å²) in [7, 11) is 1.78. The summed E-state index contributed by atoms with van der Waals surface area (Å²) in [4.78, 5) is 15.2. The van der Waals surface area contributed by atoms with Crippen LogP contribution < -0.4 is 0 Å². The summed E-state index contributed by atoms with van der Waals surface area (Å²) in [5.41, 5.74) is 2.38. The number of furan rings is 2. The maximum Gasteiger partial charge on any atom is 0.290 e. The Morgan fingerprint density at radius 3 is 2.59 bits per heavy atom. The van der Waals surface area contributed by atoms with Gasteiger partial charge in [0.25, 0.3) is 5.91 Å². The zero-order chi connectivity index (χ0) is 22.2. The van der Waals surface area contributed by atoms with E-state index in [4.69, 9.17) is 8.83 Å². The van der Waals surface area contributed by atoms with Crippen molar-refractivity contribution in [3.8, 4) is 0 Å². The maximum absolute atomic E-state index is 13.5. The van der Waals surface area contributed by atoms with Gasteiger partial charge >= 0.3 is 0 Å². The molecule has 0 bridgehead atoms. The van der Waals surface area contributed by atoms with Crippen molar-refractivity contribution in [2.24, 2.45) is 0 Å². The molecule has 0 saturated heterocycles. The minimum Gasteiger partial charge on any atom is -0.459 e. The SMILES string of the molecule is Cc1nnc(SCc2c(C(=O)N(C)C(C)c3cc4ccccc4o3)oc3ccccc23)s1. The lowest BCUT2D eigenvalue weighted by atomic mass is 10.1. The van der Waals surface area contributed by atoms with E-state index in [0.29, 0.717) is 17.1 Å². The van der Waals surface area contributed by atoms with Crippen LogP contribution in [0.2, 0.25) is 0 Å². The van der Waals surface area contributed by atoms with Gasteiger partial charge in [-0.3, -0.25) is 4.79 Å². The van der Waals surface area contributed by atoms with Gasteiger partial charge in [0, 0.05) is 29.1 Å². The summed E-state index contributed by atoms with van der Waals surface area (Å²) in [6.07, 6.45) is 0. The molecule has 1 unspecified atom stereocenters. The van der Waals surface area contributed by atoms with E-state index in [1.807, 2.05) is 68.4 Å². The van der Waals surface area contributed by atoms with E-state index in [0.717, 1.165) is 37.0 Å². The lowest BCUT2D eigenvalue weighted by molar-refractivity contribution is 0.0696. The first-order chi connectivity index (χ1) is 15.5. The van der Waals surface area contributed by atoms with Crippen molar-refractivity contribution in [1.82, 2.24) is 15.1 Å². The van der Waals surface area contributed by atoms with E-state index in [1.165, 1.54) is 0 Å². The van der Waals surface area contributed by atoms with Crippen LogP contribution in [0.3, 0.4) is 0 Å². The molecule has 0 saturated carbocycles. The lowest BCUT2D eigenvalue weighted by Crippen LogP contribution is -2.29. The fourth-order valence-corrected chi connectivity index (χ4v) is 5.46. The zero-order valence-electron chi connectivity index (χ0n) is 17.9. The molecule has 0 aliphatic rings. The molecule has 0 fully saturated rings. The number of fused-ring (bicyclic) bond motifs is 2. The van der Waals surface area contributed by atoms with Gasteiger partial charge < -0.3 is 13.7 Å². The van der Waals surface area contributed by atoms with Gasteiger partial charge in [-0.05, 0) is 32.0 Å². The lowest BCUT2D eigenvalue weighted by Gasteiger charge is -2.22. The molecule has 0 N–H and O–H groups in total. The van der Waals surface area contributed by atoms with Crippen LogP contribution in [0.25, 0.3) is 21.9 Å². The molecule has 1 amide bonds. The number of benzene rings is 2. The second kappa shape index (κ2) is 8.44. The van der Waals surface area contributed by atoms with Crippen LogP contribution in [-0.2, 0) is 5.75 Å². The molecule has 162 valence electrons. The third-order valence-electron chi connectivity index (χ3n) is 5.50. The monoisotopic (exact) mass is 463 g/mol. The van der Waals surface area contributed by atoms with Gasteiger partial charge in [0.15, 0.2) is 10.1 Å². The number of thioether (sulfide) groups is 1. The molecule has 5 aromatic rings. The van der Waals surface area contributed by atoms with Gasteiger partial charge in [-0.2, -0.15) is 0 Å². The first-order valence-corrected chi connectivity index (χ1v) is 12.0. The number of carbonyl (C=O) groups is 1. The molecule has 1 atom stereocenters. The van der Waals surface area contributed by atoms with Gasteiger partial charge in [-0.25, -0.2) is 0 Å². The number of hydrogen-bond donors (Lipinski definition) is 0. The molecule has 8 heteroatoms. The summed E-state index contributed by atoms with van der Waals surface area (Å²) in [6, 6.07) is 17.3. The highest BCUT2D eigenvalue weighted by atomic mass is 32.2. The van der Waals surface area contributed by atoms with Crippen LogP contribution in [0.5, 0.6) is 0 Å². The summed E-state index contributed by atoms with van der Waals surface area (Å²) in [5.74, 6) is 1.47. The number of para-hydroxylation sites is 2. The van der Waals surface area contributed by atoms with Crippen LogP contribution in [-0.4, -0.2) is 28.1 Å². The highest BCUT2D eigenvalue weighted by Crippen LogP contribution is 2.35. The van der Waals surface area contributed by atoms with Crippen molar-refractivity contribution in [2.75, 3.05) is 7.05 Å². The Hall–Kier alpha value is -3.10. The molecule has 2 aromatic carbocycles. The van der Waals surface area contributed by atoms with Gasteiger partial charge in [0.1, 0.15) is 21.9 Å². The molecule has 0 radical (unpaired) electrons. The number of rotatable bonds is 6.